The van der Waals surface area contributed by atoms with Gasteiger partial charge in [-0.05, 0) is 12.5 Å². The van der Waals surface area contributed by atoms with Gasteiger partial charge < -0.3 is 14.6 Å². The van der Waals surface area contributed by atoms with Gasteiger partial charge in [-0.3, -0.25) is 0 Å². The average molecular weight is 238 g/mol. The van der Waals surface area contributed by atoms with Gasteiger partial charge in [0.05, 0.1) is 6.61 Å². The lowest BCUT2D eigenvalue weighted by Gasteiger charge is -2.08. The number of hydrogen-bond donors (Lipinski definition) is 1. The van der Waals surface area contributed by atoms with E-state index in [2.05, 4.69) is 4.74 Å². The van der Waals surface area contributed by atoms with Gasteiger partial charge in [-0.1, -0.05) is 30.3 Å². The molecule has 1 aromatic rings. The minimum atomic E-state index is -1.18. The summed E-state index contributed by atoms with van der Waals surface area (Å²) >= 11 is 0. The lowest BCUT2D eigenvalue weighted by Crippen LogP contribution is -2.25. The summed E-state index contributed by atoms with van der Waals surface area (Å²) < 4.78 is 9.68. The van der Waals surface area contributed by atoms with E-state index in [0.717, 1.165) is 5.56 Å². The number of carbonyl (C=O) groups is 2. The number of rotatable bonds is 6. The molecule has 0 radical (unpaired) electrons. The molecule has 0 unspecified atom stereocenters. The molecule has 0 aliphatic heterocycles. The molecule has 0 spiro atoms. The lowest BCUT2D eigenvalue weighted by molar-refractivity contribution is -0.166. The van der Waals surface area contributed by atoms with E-state index in [4.69, 9.17) is 9.84 Å². The summed E-state index contributed by atoms with van der Waals surface area (Å²) in [4.78, 5) is 21.5. The summed E-state index contributed by atoms with van der Waals surface area (Å²) in [5.74, 6) is -1.86. The first kappa shape index (κ1) is 13.2. The summed E-state index contributed by atoms with van der Waals surface area (Å²) in [6.07, 6.45) is -1.15. The van der Waals surface area contributed by atoms with Crippen molar-refractivity contribution in [2.45, 2.75) is 19.6 Å². The number of carboxylic acids is 1. The molecule has 0 saturated heterocycles. The molecule has 92 valence electrons. The number of carbonyl (C=O) groups excluding carboxylic acids is 1. The predicted octanol–water partition coefficient (Wildman–Crippen LogP) is 1.22. The monoisotopic (exact) mass is 238 g/mol. The molecule has 0 bridgehead atoms. The van der Waals surface area contributed by atoms with Crippen LogP contribution in [0.15, 0.2) is 30.3 Å². The molecule has 1 atom stereocenters. The van der Waals surface area contributed by atoms with Crippen molar-refractivity contribution in [1.82, 2.24) is 0 Å². The number of hydrogen-bond acceptors (Lipinski definition) is 4. The van der Waals surface area contributed by atoms with E-state index in [0.29, 0.717) is 0 Å². The van der Waals surface area contributed by atoms with Crippen molar-refractivity contribution in [3.8, 4) is 0 Å². The van der Waals surface area contributed by atoms with E-state index in [1.165, 1.54) is 6.92 Å². The third-order valence-corrected chi connectivity index (χ3v) is 1.99. The Bertz CT molecular complexity index is 374. The maximum atomic E-state index is 11.1. The first-order chi connectivity index (χ1) is 8.09. The highest BCUT2D eigenvalue weighted by atomic mass is 16.6. The van der Waals surface area contributed by atoms with Gasteiger partial charge in [0.15, 0.2) is 6.10 Å². The van der Waals surface area contributed by atoms with Crippen LogP contribution >= 0.6 is 0 Å². The van der Waals surface area contributed by atoms with E-state index in [9.17, 15) is 9.59 Å². The second kappa shape index (κ2) is 6.65. The Balaban J connectivity index is 2.23. The fourth-order valence-electron chi connectivity index (χ4n) is 1.11. The van der Waals surface area contributed by atoms with Crippen LogP contribution in [0.5, 0.6) is 0 Å². The van der Waals surface area contributed by atoms with Crippen LogP contribution in [-0.2, 0) is 25.7 Å². The van der Waals surface area contributed by atoms with Gasteiger partial charge in [0, 0.05) is 0 Å². The number of esters is 1. The quantitative estimate of drug-likeness (QED) is 0.754. The van der Waals surface area contributed by atoms with Crippen molar-refractivity contribution < 1.29 is 24.2 Å². The van der Waals surface area contributed by atoms with Crippen LogP contribution in [0.25, 0.3) is 0 Å². The maximum absolute atomic E-state index is 11.1. The minimum absolute atomic E-state index is 0.257. The predicted molar refractivity (Wildman–Crippen MR) is 59.3 cm³/mol. The largest absolute Gasteiger partial charge is 0.479 e. The van der Waals surface area contributed by atoms with E-state index in [1.54, 1.807) is 0 Å². The second-order valence-electron chi connectivity index (χ2n) is 3.45. The van der Waals surface area contributed by atoms with Crippen molar-refractivity contribution in [2.24, 2.45) is 0 Å². The molecule has 0 saturated carbocycles. The minimum Gasteiger partial charge on any atom is -0.479 e. The Kier molecular flexibility index (Phi) is 5.16. The van der Waals surface area contributed by atoms with E-state index in [-0.39, 0.29) is 13.2 Å². The number of ether oxygens (including phenoxy) is 2. The summed E-state index contributed by atoms with van der Waals surface area (Å²) in [5.41, 5.74) is 0.937. The van der Waals surface area contributed by atoms with Crippen LogP contribution in [0.2, 0.25) is 0 Å². The molecule has 0 aromatic heterocycles. The molecular weight excluding hydrogens is 224 g/mol. The van der Waals surface area contributed by atoms with Crippen LogP contribution in [0.3, 0.4) is 0 Å². The van der Waals surface area contributed by atoms with Gasteiger partial charge in [0.25, 0.3) is 0 Å². The Morgan fingerprint density at radius 1 is 1.29 bits per heavy atom. The molecule has 17 heavy (non-hydrogen) atoms. The average Bonchev–Trinajstić information content (AvgIpc) is 2.30. The van der Waals surface area contributed by atoms with Gasteiger partial charge in [0.1, 0.15) is 6.61 Å². The van der Waals surface area contributed by atoms with Crippen molar-refractivity contribution >= 4 is 11.9 Å². The molecule has 5 heteroatoms. The smallest absolute Gasteiger partial charge is 0.344 e. The zero-order chi connectivity index (χ0) is 12.7. The summed E-state index contributed by atoms with van der Waals surface area (Å²) in [7, 11) is 0. The number of aliphatic carboxylic acids is 1. The number of benzene rings is 1. The van der Waals surface area contributed by atoms with E-state index < -0.39 is 18.0 Å². The normalized spacial score (nSPS) is 11.8. The molecule has 0 aliphatic carbocycles. The van der Waals surface area contributed by atoms with Gasteiger partial charge in [-0.15, -0.1) is 0 Å². The van der Waals surface area contributed by atoms with Crippen LogP contribution in [0.4, 0.5) is 0 Å². The summed E-state index contributed by atoms with van der Waals surface area (Å²) in [6.45, 7) is 1.32. The van der Waals surface area contributed by atoms with Gasteiger partial charge in [0.2, 0.25) is 0 Å². The molecule has 5 nitrogen and oxygen atoms in total. The van der Waals surface area contributed by atoms with Crippen LogP contribution in [0.1, 0.15) is 12.5 Å². The zero-order valence-corrected chi connectivity index (χ0v) is 9.46. The Morgan fingerprint density at radius 3 is 2.53 bits per heavy atom. The topological polar surface area (TPSA) is 72.8 Å². The maximum Gasteiger partial charge on any atom is 0.344 e. The SMILES string of the molecule is C[C@H](OC(=O)COCc1ccccc1)C(=O)O. The van der Waals surface area contributed by atoms with Crippen LogP contribution in [-0.4, -0.2) is 29.8 Å². The first-order valence-corrected chi connectivity index (χ1v) is 5.13. The molecule has 1 N–H and O–H groups in total. The highest BCUT2D eigenvalue weighted by Gasteiger charge is 2.15. The Hall–Kier alpha value is -1.88. The molecule has 0 amide bonds. The Morgan fingerprint density at radius 2 is 1.94 bits per heavy atom. The molecule has 0 fully saturated rings. The zero-order valence-electron chi connectivity index (χ0n) is 9.46. The van der Waals surface area contributed by atoms with E-state index in [1.807, 2.05) is 30.3 Å². The van der Waals surface area contributed by atoms with Crippen molar-refractivity contribution in [1.29, 1.82) is 0 Å². The Labute approximate surface area is 99.0 Å². The van der Waals surface area contributed by atoms with E-state index >= 15 is 0 Å². The highest BCUT2D eigenvalue weighted by Crippen LogP contribution is 2.01. The third kappa shape index (κ3) is 5.12. The molecular formula is C12H14O5. The fourth-order valence-corrected chi connectivity index (χ4v) is 1.11. The van der Waals surface area contributed by atoms with Crippen molar-refractivity contribution in [2.75, 3.05) is 6.61 Å². The fraction of sp³-hybridized carbons (Fsp3) is 0.333. The van der Waals surface area contributed by atoms with Crippen LogP contribution < -0.4 is 0 Å². The van der Waals surface area contributed by atoms with Gasteiger partial charge in [-0.2, -0.15) is 0 Å². The molecule has 0 heterocycles. The van der Waals surface area contributed by atoms with Gasteiger partial charge >= 0.3 is 11.9 Å². The molecule has 1 rings (SSSR count). The summed E-state index contributed by atoms with van der Waals surface area (Å²) in [5, 5.41) is 8.52. The molecule has 0 aliphatic rings. The summed E-state index contributed by atoms with van der Waals surface area (Å²) in [6, 6.07) is 9.34. The third-order valence-electron chi connectivity index (χ3n) is 1.99. The standard InChI is InChI=1S/C12H14O5/c1-9(12(14)15)17-11(13)8-16-7-10-5-3-2-4-6-10/h2-6,9H,7-8H2,1H3,(H,14,15)/t9-/m0/s1. The number of carboxylic acid groups (broad SMARTS) is 1. The van der Waals surface area contributed by atoms with Gasteiger partial charge in [-0.25, -0.2) is 9.59 Å². The molecule has 1 aromatic carbocycles. The van der Waals surface area contributed by atoms with Crippen LogP contribution in [0, 0.1) is 0 Å². The lowest BCUT2D eigenvalue weighted by atomic mass is 10.2. The van der Waals surface area contributed by atoms with Crippen molar-refractivity contribution in [3.05, 3.63) is 35.9 Å². The highest BCUT2D eigenvalue weighted by molar-refractivity contribution is 5.78. The van der Waals surface area contributed by atoms with Crippen molar-refractivity contribution in [3.63, 3.8) is 0 Å². The second-order valence-corrected chi connectivity index (χ2v) is 3.45. The first-order valence-electron chi connectivity index (χ1n) is 5.13.